The number of aromatic nitrogens is 2. The molecule has 0 bridgehead atoms. The average molecular weight is 389 g/mol. The molecule has 0 saturated heterocycles. The topological polar surface area (TPSA) is 106 Å². The molecule has 1 fully saturated rings. The van der Waals surface area contributed by atoms with Crippen molar-refractivity contribution < 1.29 is 14.0 Å². The molecule has 148 valence electrons. The van der Waals surface area contributed by atoms with Gasteiger partial charge in [0.25, 0.3) is 5.89 Å². The highest BCUT2D eigenvalue weighted by Crippen LogP contribution is 2.24. The smallest absolute Gasteiger partial charge is 0.384 e. The van der Waals surface area contributed by atoms with Crippen molar-refractivity contribution in [1.29, 1.82) is 0 Å². The van der Waals surface area contributed by atoms with E-state index in [-0.39, 0.29) is 36.0 Å². The van der Waals surface area contributed by atoms with E-state index in [9.17, 15) is 14.4 Å². The van der Waals surface area contributed by atoms with Gasteiger partial charge in [-0.05, 0) is 25.8 Å². The molecule has 8 nitrogen and oxygen atoms in total. The Bertz CT molecular complexity index is 649. The number of nitrogens with one attached hydrogen (secondary N) is 2. The molecule has 1 aromatic rings. The predicted octanol–water partition coefficient (Wildman–Crippen LogP) is 1.38. The minimum atomic E-state index is -0.745. The molecule has 0 unspecified atom stereocenters. The molecule has 2 rings (SSSR count). The summed E-state index contributed by atoms with van der Waals surface area (Å²) in [6.07, 6.45) is 4.97. The Kier molecular flexibility index (Phi) is 9.01. The molecular formula is C17H29ClN4O4. The third-order valence-corrected chi connectivity index (χ3v) is 4.61. The molecule has 1 amide bonds. The van der Waals surface area contributed by atoms with Crippen LogP contribution in [0.2, 0.25) is 0 Å². The molecule has 1 aromatic heterocycles. The minimum absolute atomic E-state index is 0. The number of rotatable bonds is 8. The van der Waals surface area contributed by atoms with Crippen LogP contribution in [0.25, 0.3) is 0 Å². The van der Waals surface area contributed by atoms with Crippen molar-refractivity contribution in [3.05, 3.63) is 16.4 Å². The van der Waals surface area contributed by atoms with Crippen molar-refractivity contribution >= 4 is 24.1 Å². The second-order valence-corrected chi connectivity index (χ2v) is 6.93. The summed E-state index contributed by atoms with van der Waals surface area (Å²) in [6, 6.07) is -0.745. The number of hydrogen-bond acceptors (Lipinski definition) is 6. The molecule has 0 radical (unpaired) electrons. The van der Waals surface area contributed by atoms with Gasteiger partial charge in [0.2, 0.25) is 11.7 Å². The first kappa shape index (κ1) is 22.4. The minimum Gasteiger partial charge on any atom is -0.384 e. The van der Waals surface area contributed by atoms with Crippen LogP contribution in [0.1, 0.15) is 56.6 Å². The predicted molar refractivity (Wildman–Crippen MR) is 99.6 cm³/mol. The Labute approximate surface area is 159 Å². The number of ketones is 1. The van der Waals surface area contributed by atoms with Gasteiger partial charge in [-0.25, -0.2) is 4.79 Å². The Balaban J connectivity index is 0.00000338. The van der Waals surface area contributed by atoms with Gasteiger partial charge in [-0.2, -0.15) is 4.68 Å². The Morgan fingerprint density at radius 1 is 1.27 bits per heavy atom. The molecule has 1 aliphatic carbocycles. The summed E-state index contributed by atoms with van der Waals surface area (Å²) in [5.41, 5.74) is 0. The first-order valence-electron chi connectivity index (χ1n) is 9.01. The summed E-state index contributed by atoms with van der Waals surface area (Å²) in [5, 5.41) is 9.71. The maximum Gasteiger partial charge on any atom is 0.437 e. The fourth-order valence-corrected chi connectivity index (χ4v) is 3.07. The number of likely N-dealkylation sites (N-methyl/N-ethyl adjacent to an activating group) is 1. The average Bonchev–Trinajstić information content (AvgIpc) is 2.98. The quantitative estimate of drug-likeness (QED) is 0.651. The zero-order valence-electron chi connectivity index (χ0n) is 15.6. The highest BCUT2D eigenvalue weighted by molar-refractivity contribution is 5.98. The van der Waals surface area contributed by atoms with E-state index < -0.39 is 17.6 Å². The third kappa shape index (κ3) is 5.67. The number of nitrogens with zero attached hydrogens (tertiary/aromatic N) is 2. The van der Waals surface area contributed by atoms with E-state index in [1.807, 2.05) is 13.8 Å². The lowest BCUT2D eigenvalue weighted by Gasteiger charge is -2.25. The second-order valence-electron chi connectivity index (χ2n) is 6.93. The molecule has 1 atom stereocenters. The van der Waals surface area contributed by atoms with Crippen molar-refractivity contribution in [3.8, 4) is 0 Å². The Hall–Kier alpha value is -1.67. The van der Waals surface area contributed by atoms with Crippen LogP contribution >= 0.6 is 12.4 Å². The van der Waals surface area contributed by atoms with Gasteiger partial charge in [0.15, 0.2) is 0 Å². The molecule has 26 heavy (non-hydrogen) atoms. The van der Waals surface area contributed by atoms with E-state index in [4.69, 9.17) is 4.42 Å². The summed E-state index contributed by atoms with van der Waals surface area (Å²) >= 11 is 0. The lowest BCUT2D eigenvalue weighted by Crippen LogP contribution is -2.47. The highest BCUT2D eigenvalue weighted by atomic mass is 35.5. The van der Waals surface area contributed by atoms with Crippen LogP contribution in [0, 0.1) is 11.8 Å². The summed E-state index contributed by atoms with van der Waals surface area (Å²) in [4.78, 5) is 37.0. The van der Waals surface area contributed by atoms with Gasteiger partial charge in [-0.15, -0.1) is 17.5 Å². The summed E-state index contributed by atoms with van der Waals surface area (Å²) in [6.45, 7) is 4.54. The number of carbonyl (C=O) groups is 2. The molecule has 1 saturated carbocycles. The van der Waals surface area contributed by atoms with Crippen LogP contribution in [0.3, 0.4) is 0 Å². The maximum absolute atomic E-state index is 12.7. The van der Waals surface area contributed by atoms with Crippen LogP contribution in [0.4, 0.5) is 0 Å². The molecule has 1 heterocycles. The highest BCUT2D eigenvalue weighted by Gasteiger charge is 2.32. The Morgan fingerprint density at radius 2 is 1.92 bits per heavy atom. The third-order valence-electron chi connectivity index (χ3n) is 4.61. The van der Waals surface area contributed by atoms with Crippen molar-refractivity contribution in [3.63, 3.8) is 0 Å². The second kappa shape index (κ2) is 10.5. The fraction of sp³-hybridized carbons (Fsp3) is 0.765. The first-order valence-corrected chi connectivity index (χ1v) is 9.01. The maximum atomic E-state index is 12.7. The van der Waals surface area contributed by atoms with Gasteiger partial charge in [-0.3, -0.25) is 9.59 Å². The Morgan fingerprint density at radius 3 is 2.50 bits per heavy atom. The molecule has 0 spiro atoms. The van der Waals surface area contributed by atoms with Crippen molar-refractivity contribution in [2.45, 2.75) is 58.5 Å². The van der Waals surface area contributed by atoms with Crippen molar-refractivity contribution in [2.75, 3.05) is 13.6 Å². The molecule has 1 aliphatic rings. The fourth-order valence-electron chi connectivity index (χ4n) is 3.07. The number of Topliss-reactive ketones (excluding diaryl/α,β-unsaturated/α-hetero) is 1. The zero-order valence-corrected chi connectivity index (χ0v) is 16.4. The number of halogens is 1. The van der Waals surface area contributed by atoms with Gasteiger partial charge in [0.05, 0.1) is 12.6 Å². The van der Waals surface area contributed by atoms with E-state index >= 15 is 0 Å². The summed E-state index contributed by atoms with van der Waals surface area (Å²) in [7, 11) is 1.76. The van der Waals surface area contributed by atoms with Crippen LogP contribution in [0.5, 0.6) is 0 Å². The lowest BCUT2D eigenvalue weighted by atomic mass is 9.88. The summed E-state index contributed by atoms with van der Waals surface area (Å²) in [5.74, 6) is -1.64. The molecule has 2 N–H and O–H groups in total. The van der Waals surface area contributed by atoms with Gasteiger partial charge < -0.3 is 15.1 Å². The van der Waals surface area contributed by atoms with E-state index in [0.29, 0.717) is 13.1 Å². The molecular weight excluding hydrogens is 360 g/mol. The SMILES string of the molecule is CNCCn1nc(C(=O)[C@@H](NC(=O)C2CCCCC2)C(C)C)oc1=O.Cl. The van der Waals surface area contributed by atoms with Gasteiger partial charge in [0.1, 0.15) is 0 Å². The van der Waals surface area contributed by atoms with Crippen LogP contribution < -0.4 is 16.4 Å². The van der Waals surface area contributed by atoms with E-state index in [2.05, 4.69) is 15.7 Å². The van der Waals surface area contributed by atoms with E-state index in [1.54, 1.807) is 7.05 Å². The van der Waals surface area contributed by atoms with Gasteiger partial charge in [-0.1, -0.05) is 33.1 Å². The normalized spacial score (nSPS) is 16.2. The van der Waals surface area contributed by atoms with Gasteiger partial charge >= 0.3 is 5.76 Å². The van der Waals surface area contributed by atoms with Crippen LogP contribution in [-0.4, -0.2) is 41.1 Å². The number of amides is 1. The van der Waals surface area contributed by atoms with Crippen LogP contribution in [-0.2, 0) is 11.3 Å². The number of carbonyl (C=O) groups excluding carboxylic acids is 2. The van der Waals surface area contributed by atoms with E-state index in [1.165, 1.54) is 0 Å². The van der Waals surface area contributed by atoms with Crippen molar-refractivity contribution in [1.82, 2.24) is 20.4 Å². The largest absolute Gasteiger partial charge is 0.437 e. The monoisotopic (exact) mass is 388 g/mol. The first-order chi connectivity index (χ1) is 11.9. The van der Waals surface area contributed by atoms with E-state index in [0.717, 1.165) is 36.8 Å². The van der Waals surface area contributed by atoms with Crippen molar-refractivity contribution in [2.24, 2.45) is 11.8 Å². The molecule has 0 aromatic carbocycles. The van der Waals surface area contributed by atoms with Gasteiger partial charge in [0, 0.05) is 12.5 Å². The lowest BCUT2D eigenvalue weighted by molar-refractivity contribution is -0.126. The number of hydrogen-bond donors (Lipinski definition) is 2. The zero-order chi connectivity index (χ0) is 18.4. The molecule has 9 heteroatoms. The molecule has 0 aliphatic heterocycles. The summed E-state index contributed by atoms with van der Waals surface area (Å²) < 4.78 is 6.11. The standard InChI is InChI=1S/C17H28N4O4.ClH/c1-11(2)13(19-15(23)12-7-5-4-6-8-12)14(22)16-20-21(10-9-18-3)17(24)25-16;/h11-13,18H,4-10H2,1-3H3,(H,19,23);1H/t13-;/m0./s1. The van der Waals surface area contributed by atoms with Crippen LogP contribution in [0.15, 0.2) is 9.21 Å².